The van der Waals surface area contributed by atoms with Crippen molar-refractivity contribution in [2.45, 2.75) is 31.1 Å². The smallest absolute Gasteiger partial charge is 0.242 e. The van der Waals surface area contributed by atoms with Crippen LogP contribution >= 0.6 is 23.8 Å². The van der Waals surface area contributed by atoms with E-state index in [2.05, 4.69) is 11.6 Å². The van der Waals surface area contributed by atoms with E-state index in [0.29, 0.717) is 12.1 Å². The van der Waals surface area contributed by atoms with Gasteiger partial charge in [-0.05, 0) is 36.8 Å². The zero-order valence-corrected chi connectivity index (χ0v) is 13.5. The van der Waals surface area contributed by atoms with Crippen molar-refractivity contribution in [2.24, 2.45) is 11.1 Å². The first kappa shape index (κ1) is 15.7. The van der Waals surface area contributed by atoms with Gasteiger partial charge in [0.05, 0.1) is 5.02 Å². The minimum absolute atomic E-state index is 0.0244. The van der Waals surface area contributed by atoms with Gasteiger partial charge in [0.25, 0.3) is 0 Å². The quantitative estimate of drug-likeness (QED) is 0.785. The molecule has 0 radical (unpaired) electrons. The molecule has 0 aromatic heterocycles. The number of hydrogen-bond donors (Lipinski definition) is 2. The fourth-order valence-corrected chi connectivity index (χ4v) is 3.83. The summed E-state index contributed by atoms with van der Waals surface area (Å²) in [4.78, 5) is 0.168. The maximum Gasteiger partial charge on any atom is 0.242 e. The lowest BCUT2D eigenvalue weighted by atomic mass is 10.1. The van der Waals surface area contributed by atoms with Gasteiger partial charge < -0.3 is 5.73 Å². The molecule has 0 atom stereocenters. The fourth-order valence-electron chi connectivity index (χ4n) is 2.02. The Kier molecular flexibility index (Phi) is 4.39. The maximum absolute atomic E-state index is 12.3. The number of halogens is 1. The Bertz CT molecular complexity index is 640. The lowest BCUT2D eigenvalue weighted by molar-refractivity contribution is 0.475. The first-order chi connectivity index (χ1) is 9.30. The Morgan fingerprint density at radius 2 is 2.15 bits per heavy atom. The second kappa shape index (κ2) is 5.60. The van der Waals surface area contributed by atoms with Crippen LogP contribution in [0.2, 0.25) is 5.02 Å². The number of benzene rings is 1. The SMILES string of the molecule is CCC1(CNS(=O)(=O)c2cc(C(N)=S)ccc2Cl)CC1. The number of nitrogens with two attached hydrogens (primary N) is 1. The van der Waals surface area contributed by atoms with Crippen LogP contribution in [0.4, 0.5) is 0 Å². The van der Waals surface area contributed by atoms with Gasteiger partial charge in [-0.1, -0.05) is 36.8 Å². The monoisotopic (exact) mass is 332 g/mol. The van der Waals surface area contributed by atoms with Crippen molar-refractivity contribution in [3.05, 3.63) is 28.8 Å². The summed E-state index contributed by atoms with van der Waals surface area (Å²) in [6.07, 6.45) is 3.09. The van der Waals surface area contributed by atoms with E-state index in [1.165, 1.54) is 12.1 Å². The summed E-state index contributed by atoms with van der Waals surface area (Å²) in [5, 5.41) is 0.166. The van der Waals surface area contributed by atoms with Crippen molar-refractivity contribution in [1.29, 1.82) is 0 Å². The van der Waals surface area contributed by atoms with Crippen molar-refractivity contribution in [3.63, 3.8) is 0 Å². The molecule has 0 spiro atoms. The molecule has 1 aliphatic carbocycles. The molecule has 1 fully saturated rings. The van der Waals surface area contributed by atoms with Crippen LogP contribution < -0.4 is 10.5 Å². The number of sulfonamides is 1. The molecular weight excluding hydrogens is 316 g/mol. The predicted molar refractivity (Wildman–Crippen MR) is 84.5 cm³/mol. The van der Waals surface area contributed by atoms with Crippen LogP contribution in [-0.4, -0.2) is 20.0 Å². The number of nitrogens with one attached hydrogen (secondary N) is 1. The molecule has 1 saturated carbocycles. The van der Waals surface area contributed by atoms with Crippen LogP contribution in [0.15, 0.2) is 23.1 Å². The van der Waals surface area contributed by atoms with Gasteiger partial charge >= 0.3 is 0 Å². The Morgan fingerprint density at radius 3 is 2.65 bits per heavy atom. The summed E-state index contributed by atoms with van der Waals surface area (Å²) in [6, 6.07) is 4.52. The summed E-state index contributed by atoms with van der Waals surface area (Å²) in [5.74, 6) is 0. The summed E-state index contributed by atoms with van der Waals surface area (Å²) >= 11 is 10.8. The highest BCUT2D eigenvalue weighted by Gasteiger charge is 2.41. The molecule has 2 rings (SSSR count). The van der Waals surface area contributed by atoms with E-state index in [1.807, 2.05) is 0 Å². The third kappa shape index (κ3) is 3.31. The molecule has 0 saturated heterocycles. The van der Waals surface area contributed by atoms with E-state index in [9.17, 15) is 8.42 Å². The van der Waals surface area contributed by atoms with Crippen molar-refractivity contribution in [3.8, 4) is 0 Å². The minimum atomic E-state index is -3.65. The third-order valence-electron chi connectivity index (χ3n) is 3.85. The highest BCUT2D eigenvalue weighted by Crippen LogP contribution is 2.48. The molecule has 7 heteroatoms. The second-order valence-corrected chi connectivity index (χ2v) is 7.77. The van der Waals surface area contributed by atoms with Gasteiger partial charge in [0.15, 0.2) is 0 Å². The van der Waals surface area contributed by atoms with Crippen molar-refractivity contribution < 1.29 is 8.42 Å². The van der Waals surface area contributed by atoms with Crippen LogP contribution in [0.25, 0.3) is 0 Å². The largest absolute Gasteiger partial charge is 0.389 e. The van der Waals surface area contributed by atoms with Gasteiger partial charge in [-0.2, -0.15) is 0 Å². The molecule has 20 heavy (non-hydrogen) atoms. The summed E-state index contributed by atoms with van der Waals surface area (Å²) in [7, 11) is -3.65. The molecule has 0 aliphatic heterocycles. The first-order valence-corrected chi connectivity index (χ1v) is 8.66. The van der Waals surface area contributed by atoms with E-state index < -0.39 is 10.0 Å². The number of thiocarbonyl (C=S) groups is 1. The average Bonchev–Trinajstić information content (AvgIpc) is 3.17. The Hall–Kier alpha value is -0.690. The molecule has 0 amide bonds. The zero-order chi connectivity index (χ0) is 15.0. The average molecular weight is 333 g/mol. The Labute approximate surface area is 129 Å². The summed E-state index contributed by atoms with van der Waals surface area (Å²) < 4.78 is 27.3. The number of rotatable bonds is 6. The molecule has 110 valence electrons. The van der Waals surface area contributed by atoms with E-state index >= 15 is 0 Å². The van der Waals surface area contributed by atoms with Crippen molar-refractivity contribution in [2.75, 3.05) is 6.54 Å². The Balaban J connectivity index is 2.24. The molecule has 1 aromatic rings. The predicted octanol–water partition coefficient (Wildman–Crippen LogP) is 2.44. The van der Waals surface area contributed by atoms with Gasteiger partial charge in [0.2, 0.25) is 10.0 Å². The standard InChI is InChI=1S/C13H17ClN2O2S2/c1-2-13(5-6-13)8-16-20(17,18)11-7-9(12(15)19)3-4-10(11)14/h3-4,7,16H,2,5-6,8H2,1H3,(H2,15,19). The minimum Gasteiger partial charge on any atom is -0.389 e. The van der Waals surface area contributed by atoms with Crippen LogP contribution in [-0.2, 0) is 10.0 Å². The fraction of sp³-hybridized carbons (Fsp3) is 0.462. The van der Waals surface area contributed by atoms with E-state index in [0.717, 1.165) is 19.3 Å². The molecule has 1 aromatic carbocycles. The first-order valence-electron chi connectivity index (χ1n) is 6.39. The normalized spacial score (nSPS) is 16.9. The third-order valence-corrected chi connectivity index (χ3v) is 5.97. The van der Waals surface area contributed by atoms with E-state index in [1.54, 1.807) is 6.07 Å². The molecule has 0 unspecified atom stereocenters. The zero-order valence-electron chi connectivity index (χ0n) is 11.1. The molecule has 1 aliphatic rings. The van der Waals surface area contributed by atoms with Crippen molar-refractivity contribution >= 4 is 38.8 Å². The van der Waals surface area contributed by atoms with Gasteiger partial charge in [-0.3, -0.25) is 0 Å². The summed E-state index contributed by atoms with van der Waals surface area (Å²) in [5.41, 5.74) is 6.14. The van der Waals surface area contributed by atoms with Gasteiger partial charge in [0.1, 0.15) is 9.88 Å². The molecular formula is C13H17ClN2O2S2. The lowest BCUT2D eigenvalue weighted by Crippen LogP contribution is -2.30. The Morgan fingerprint density at radius 1 is 1.50 bits per heavy atom. The number of hydrogen-bond acceptors (Lipinski definition) is 3. The van der Waals surface area contributed by atoms with Crippen LogP contribution in [0.1, 0.15) is 31.7 Å². The highest BCUT2D eigenvalue weighted by molar-refractivity contribution is 7.89. The molecule has 4 nitrogen and oxygen atoms in total. The van der Waals surface area contributed by atoms with Crippen LogP contribution in [0, 0.1) is 5.41 Å². The highest BCUT2D eigenvalue weighted by atomic mass is 35.5. The van der Waals surface area contributed by atoms with Gasteiger partial charge in [-0.25, -0.2) is 13.1 Å². The van der Waals surface area contributed by atoms with E-state index in [-0.39, 0.29) is 20.3 Å². The van der Waals surface area contributed by atoms with E-state index in [4.69, 9.17) is 29.6 Å². The van der Waals surface area contributed by atoms with Crippen molar-refractivity contribution in [1.82, 2.24) is 4.72 Å². The van der Waals surface area contributed by atoms with Crippen LogP contribution in [0.3, 0.4) is 0 Å². The maximum atomic E-state index is 12.3. The molecule has 0 heterocycles. The lowest BCUT2D eigenvalue weighted by Gasteiger charge is -2.15. The topological polar surface area (TPSA) is 72.2 Å². The second-order valence-electron chi connectivity index (χ2n) is 5.19. The molecule has 3 N–H and O–H groups in total. The van der Waals surface area contributed by atoms with Gasteiger partial charge in [0, 0.05) is 12.1 Å². The van der Waals surface area contributed by atoms with Crippen LogP contribution in [0.5, 0.6) is 0 Å². The molecule has 0 bridgehead atoms. The summed E-state index contributed by atoms with van der Waals surface area (Å²) in [6.45, 7) is 2.52. The van der Waals surface area contributed by atoms with Gasteiger partial charge in [-0.15, -0.1) is 0 Å².